The van der Waals surface area contributed by atoms with Crippen LogP contribution in [0.15, 0.2) is 51.6 Å². The van der Waals surface area contributed by atoms with Crippen LogP contribution in [-0.2, 0) is 0 Å². The summed E-state index contributed by atoms with van der Waals surface area (Å²) in [5, 5.41) is 0.828. The second kappa shape index (κ2) is 7.76. The quantitative estimate of drug-likeness (QED) is 0.432. The van der Waals surface area contributed by atoms with E-state index in [0.717, 1.165) is 21.1 Å². The molecule has 7 nitrogen and oxygen atoms in total. The van der Waals surface area contributed by atoms with E-state index in [2.05, 4.69) is 36.7 Å². The number of hydrogen-bond donors (Lipinski definition) is 2. The Balaban J connectivity index is 1.57. The molecule has 0 spiro atoms. The van der Waals surface area contributed by atoms with Crippen LogP contribution >= 0.6 is 27.3 Å². The van der Waals surface area contributed by atoms with Gasteiger partial charge in [0.1, 0.15) is 4.83 Å². The number of fused-ring (bicyclic) bond motifs is 1. The molecule has 0 radical (unpaired) electrons. The van der Waals surface area contributed by atoms with Crippen molar-refractivity contribution in [3.05, 3.63) is 68.8 Å². The number of nitrogens with one attached hydrogen (secondary N) is 2. The van der Waals surface area contributed by atoms with Gasteiger partial charge in [0.15, 0.2) is 11.6 Å². The number of furan rings is 1. The maximum Gasteiger partial charge on any atom is 0.280 e. The van der Waals surface area contributed by atoms with Gasteiger partial charge in [-0.25, -0.2) is 9.97 Å². The van der Waals surface area contributed by atoms with Crippen LogP contribution in [0.2, 0.25) is 0 Å². The summed E-state index contributed by atoms with van der Waals surface area (Å²) in [5.41, 5.74) is 6.87. The van der Waals surface area contributed by atoms with Crippen molar-refractivity contribution in [1.29, 1.82) is 0 Å². The number of amides is 2. The van der Waals surface area contributed by atoms with Gasteiger partial charge >= 0.3 is 0 Å². The van der Waals surface area contributed by atoms with Gasteiger partial charge in [-0.05, 0) is 55.8 Å². The first-order valence-corrected chi connectivity index (χ1v) is 10.2. The molecular weight excluding hydrogens is 456 g/mol. The van der Waals surface area contributed by atoms with E-state index in [1.807, 2.05) is 13.8 Å². The highest BCUT2D eigenvalue weighted by atomic mass is 79.9. The van der Waals surface area contributed by atoms with Crippen molar-refractivity contribution in [2.75, 3.05) is 0 Å². The van der Waals surface area contributed by atoms with Gasteiger partial charge in [-0.15, -0.1) is 11.3 Å². The van der Waals surface area contributed by atoms with Crippen molar-refractivity contribution in [3.8, 4) is 11.6 Å². The zero-order chi connectivity index (χ0) is 20.5. The average Bonchev–Trinajstić information content (AvgIpc) is 3.35. The molecule has 0 aliphatic rings. The molecule has 0 aliphatic heterocycles. The highest BCUT2D eigenvalue weighted by Crippen LogP contribution is 2.32. The minimum atomic E-state index is -0.407. The Morgan fingerprint density at radius 3 is 2.45 bits per heavy atom. The van der Waals surface area contributed by atoms with Gasteiger partial charge in [0.25, 0.3) is 11.8 Å². The molecule has 0 saturated carbocycles. The molecule has 0 bridgehead atoms. The zero-order valence-corrected chi connectivity index (χ0v) is 17.8. The van der Waals surface area contributed by atoms with Crippen molar-refractivity contribution in [1.82, 2.24) is 20.8 Å². The maximum absolute atomic E-state index is 12.7. The third-order valence-corrected chi connectivity index (χ3v) is 6.03. The Hall–Kier alpha value is -3.04. The van der Waals surface area contributed by atoms with Gasteiger partial charge in [0.2, 0.25) is 0 Å². The maximum atomic E-state index is 12.7. The molecule has 0 unspecified atom stereocenters. The Morgan fingerprint density at radius 2 is 1.76 bits per heavy atom. The van der Waals surface area contributed by atoms with Crippen molar-refractivity contribution in [3.63, 3.8) is 0 Å². The minimum Gasteiger partial charge on any atom is -0.461 e. The number of halogens is 1. The topological polar surface area (TPSA) is 97.1 Å². The summed E-state index contributed by atoms with van der Waals surface area (Å²) >= 11 is 4.56. The first-order chi connectivity index (χ1) is 13.9. The molecule has 4 aromatic rings. The van der Waals surface area contributed by atoms with Crippen LogP contribution in [0.4, 0.5) is 0 Å². The van der Waals surface area contributed by atoms with E-state index in [0.29, 0.717) is 26.9 Å². The first kappa shape index (κ1) is 19.3. The molecule has 0 saturated heterocycles. The number of rotatable bonds is 3. The predicted molar refractivity (Wildman–Crippen MR) is 114 cm³/mol. The van der Waals surface area contributed by atoms with Gasteiger partial charge < -0.3 is 4.42 Å². The standard InChI is InChI=1S/C20H15BrN4O3S/c1-10-15-11(2)22-17(14-4-3-9-28-14)23-20(15)29-16(10)19(27)25-24-18(26)12-5-7-13(21)8-6-12/h3-9H,1-2H3,(H,24,26)(H,25,27). The highest BCUT2D eigenvalue weighted by Gasteiger charge is 2.20. The van der Waals surface area contributed by atoms with Crippen LogP contribution < -0.4 is 10.9 Å². The van der Waals surface area contributed by atoms with Gasteiger partial charge in [-0.2, -0.15) is 0 Å². The number of thiophene rings is 1. The third-order valence-electron chi connectivity index (χ3n) is 4.31. The number of carbonyl (C=O) groups excluding carboxylic acids is 2. The molecule has 1 aromatic carbocycles. The summed E-state index contributed by atoms with van der Waals surface area (Å²) in [6.45, 7) is 3.71. The van der Waals surface area contributed by atoms with E-state index in [4.69, 9.17) is 4.42 Å². The Kier molecular flexibility index (Phi) is 5.16. The molecule has 4 rings (SSSR count). The molecular formula is C20H15BrN4O3S. The molecule has 3 heterocycles. The lowest BCUT2D eigenvalue weighted by Gasteiger charge is -2.07. The molecule has 0 aliphatic carbocycles. The Bertz CT molecular complexity index is 1220. The van der Waals surface area contributed by atoms with Gasteiger partial charge in [0.05, 0.1) is 16.8 Å². The second-order valence-corrected chi connectivity index (χ2v) is 8.18. The molecule has 2 N–H and O–H groups in total. The van der Waals surface area contributed by atoms with E-state index in [-0.39, 0.29) is 0 Å². The van der Waals surface area contributed by atoms with E-state index < -0.39 is 11.8 Å². The van der Waals surface area contributed by atoms with E-state index in [1.54, 1.807) is 42.7 Å². The van der Waals surface area contributed by atoms with E-state index in [9.17, 15) is 9.59 Å². The Labute approximate surface area is 178 Å². The van der Waals surface area contributed by atoms with Crippen LogP contribution in [0.3, 0.4) is 0 Å². The molecule has 146 valence electrons. The van der Waals surface area contributed by atoms with Crippen LogP contribution in [0, 0.1) is 13.8 Å². The van der Waals surface area contributed by atoms with Gasteiger partial charge in [-0.1, -0.05) is 15.9 Å². The Morgan fingerprint density at radius 1 is 1.03 bits per heavy atom. The van der Waals surface area contributed by atoms with Crippen LogP contribution in [0.1, 0.15) is 31.3 Å². The second-order valence-electron chi connectivity index (χ2n) is 6.26. The largest absolute Gasteiger partial charge is 0.461 e. The molecule has 0 fully saturated rings. The fourth-order valence-corrected chi connectivity index (χ4v) is 4.31. The van der Waals surface area contributed by atoms with Crippen LogP contribution in [-0.4, -0.2) is 21.8 Å². The van der Waals surface area contributed by atoms with Crippen molar-refractivity contribution in [2.45, 2.75) is 13.8 Å². The number of aryl methyl sites for hydroxylation is 2. The van der Waals surface area contributed by atoms with Crippen molar-refractivity contribution >= 4 is 49.3 Å². The number of hydrogen-bond acceptors (Lipinski definition) is 6. The summed E-state index contributed by atoms with van der Waals surface area (Å²) in [6.07, 6.45) is 1.56. The number of benzene rings is 1. The predicted octanol–water partition coefficient (Wildman–Crippen LogP) is 4.41. The average molecular weight is 471 g/mol. The summed E-state index contributed by atoms with van der Waals surface area (Å²) in [6, 6.07) is 10.4. The molecule has 9 heteroatoms. The van der Waals surface area contributed by atoms with E-state index >= 15 is 0 Å². The van der Waals surface area contributed by atoms with E-state index in [1.165, 1.54) is 11.3 Å². The van der Waals surface area contributed by atoms with Crippen LogP contribution in [0.25, 0.3) is 21.8 Å². The number of hydrazine groups is 1. The monoisotopic (exact) mass is 470 g/mol. The lowest BCUT2D eigenvalue weighted by atomic mass is 10.1. The summed E-state index contributed by atoms with van der Waals surface area (Å²) in [4.78, 5) is 35.0. The van der Waals surface area contributed by atoms with Gasteiger partial charge in [-0.3, -0.25) is 20.4 Å². The number of nitrogens with zero attached hydrogens (tertiary/aromatic N) is 2. The minimum absolute atomic E-state index is 0.402. The lowest BCUT2D eigenvalue weighted by Crippen LogP contribution is -2.41. The SMILES string of the molecule is Cc1nc(-c2ccco2)nc2sc(C(=O)NNC(=O)c3ccc(Br)cc3)c(C)c12. The zero-order valence-electron chi connectivity index (χ0n) is 15.4. The summed E-state index contributed by atoms with van der Waals surface area (Å²) in [7, 11) is 0. The first-order valence-electron chi connectivity index (χ1n) is 8.62. The number of aromatic nitrogens is 2. The normalized spacial score (nSPS) is 10.9. The highest BCUT2D eigenvalue weighted by molar-refractivity contribution is 9.10. The van der Waals surface area contributed by atoms with Crippen molar-refractivity contribution < 1.29 is 14.0 Å². The lowest BCUT2D eigenvalue weighted by molar-refractivity contribution is 0.0848. The molecule has 2 amide bonds. The fraction of sp³-hybridized carbons (Fsp3) is 0.100. The summed E-state index contributed by atoms with van der Waals surface area (Å²) < 4.78 is 6.24. The van der Waals surface area contributed by atoms with Crippen LogP contribution in [0.5, 0.6) is 0 Å². The molecule has 0 atom stereocenters. The third kappa shape index (κ3) is 3.79. The number of carbonyl (C=O) groups is 2. The van der Waals surface area contributed by atoms with Crippen molar-refractivity contribution in [2.24, 2.45) is 0 Å². The smallest absolute Gasteiger partial charge is 0.280 e. The summed E-state index contributed by atoms with van der Waals surface area (Å²) in [5.74, 6) is 0.223. The molecule has 29 heavy (non-hydrogen) atoms. The van der Waals surface area contributed by atoms with Gasteiger partial charge in [0, 0.05) is 15.4 Å². The fourth-order valence-electron chi connectivity index (χ4n) is 2.92. The molecule has 3 aromatic heterocycles.